The fourth-order valence-electron chi connectivity index (χ4n) is 2.50. The van der Waals surface area contributed by atoms with Crippen LogP contribution in [0.5, 0.6) is 5.75 Å². The molecule has 2 aromatic rings. The van der Waals surface area contributed by atoms with Gasteiger partial charge in [0.1, 0.15) is 10.6 Å². The zero-order chi connectivity index (χ0) is 21.8. The molecule has 0 aliphatic heterocycles. The molecule has 0 heterocycles. The van der Waals surface area contributed by atoms with Crippen molar-refractivity contribution < 1.29 is 22.9 Å². The van der Waals surface area contributed by atoms with Crippen LogP contribution in [0.15, 0.2) is 47.4 Å². The average molecular weight is 419 g/mol. The molecule has 2 rings (SSSR count). The molecule has 0 saturated heterocycles. The van der Waals surface area contributed by atoms with E-state index in [0.717, 1.165) is 4.31 Å². The van der Waals surface area contributed by atoms with Crippen LogP contribution >= 0.6 is 0 Å². The van der Waals surface area contributed by atoms with Crippen LogP contribution in [0.25, 0.3) is 6.08 Å². The van der Waals surface area contributed by atoms with Gasteiger partial charge in [-0.15, -0.1) is 0 Å². The number of benzene rings is 2. The molecule has 0 aliphatic rings. The number of nitro benzene ring substituents is 1. The lowest BCUT2D eigenvalue weighted by atomic mass is 10.1. The van der Waals surface area contributed by atoms with E-state index in [1.54, 1.807) is 19.1 Å². The first kappa shape index (κ1) is 22.1. The number of sulfonamides is 1. The lowest BCUT2D eigenvalue weighted by Crippen LogP contribution is -2.22. The fraction of sp³-hybridized carbons (Fsp3) is 0.211. The van der Waals surface area contributed by atoms with Crippen molar-refractivity contribution in [2.75, 3.05) is 26.5 Å². The van der Waals surface area contributed by atoms with E-state index in [1.807, 2.05) is 0 Å². The zero-order valence-electron chi connectivity index (χ0n) is 16.4. The Balaban J connectivity index is 2.27. The van der Waals surface area contributed by atoms with E-state index < -0.39 is 20.9 Å². The van der Waals surface area contributed by atoms with Crippen LogP contribution in [0.1, 0.15) is 11.1 Å². The molecule has 0 saturated carbocycles. The third-order valence-electron chi connectivity index (χ3n) is 4.13. The summed E-state index contributed by atoms with van der Waals surface area (Å²) < 4.78 is 31.1. The van der Waals surface area contributed by atoms with Gasteiger partial charge in [-0.3, -0.25) is 14.9 Å². The van der Waals surface area contributed by atoms with Crippen LogP contribution in [0.4, 0.5) is 11.4 Å². The predicted molar refractivity (Wildman–Crippen MR) is 109 cm³/mol. The minimum Gasteiger partial charge on any atom is -0.495 e. The summed E-state index contributed by atoms with van der Waals surface area (Å²) in [6, 6.07) is 8.89. The molecule has 9 nitrogen and oxygen atoms in total. The maximum atomic E-state index is 12.5. The predicted octanol–water partition coefficient (Wildman–Crippen LogP) is 2.81. The van der Waals surface area contributed by atoms with Crippen molar-refractivity contribution >= 4 is 33.4 Å². The first-order valence-electron chi connectivity index (χ1n) is 8.41. The van der Waals surface area contributed by atoms with Gasteiger partial charge in [0.25, 0.3) is 5.69 Å². The first-order valence-corrected chi connectivity index (χ1v) is 9.85. The highest BCUT2D eigenvalue weighted by molar-refractivity contribution is 7.89. The number of nitro groups is 1. The highest BCUT2D eigenvalue weighted by atomic mass is 32.2. The van der Waals surface area contributed by atoms with Gasteiger partial charge < -0.3 is 10.1 Å². The van der Waals surface area contributed by atoms with E-state index in [2.05, 4.69) is 5.32 Å². The number of hydrogen-bond acceptors (Lipinski definition) is 6. The summed E-state index contributed by atoms with van der Waals surface area (Å²) in [7, 11) is 0.449. The van der Waals surface area contributed by atoms with E-state index in [4.69, 9.17) is 4.74 Å². The molecule has 0 aliphatic carbocycles. The molecule has 0 atom stereocenters. The summed E-state index contributed by atoms with van der Waals surface area (Å²) in [5.74, 6) is -0.325. The number of carbonyl (C=O) groups is 1. The summed E-state index contributed by atoms with van der Waals surface area (Å²) in [5, 5.41) is 13.6. The van der Waals surface area contributed by atoms with Crippen molar-refractivity contribution in [3.8, 4) is 5.75 Å². The third-order valence-corrected chi connectivity index (χ3v) is 5.97. The van der Waals surface area contributed by atoms with Crippen molar-refractivity contribution in [1.29, 1.82) is 0 Å². The zero-order valence-corrected chi connectivity index (χ0v) is 17.2. The minimum absolute atomic E-state index is 0.0258. The SMILES string of the molecule is COc1ccc(/C=C/C(=O)Nc2cccc([N+](=O)[O-])c2C)cc1S(=O)(=O)N(C)C. The molecule has 0 fully saturated rings. The largest absolute Gasteiger partial charge is 0.495 e. The molecule has 2 aromatic carbocycles. The standard InChI is InChI=1S/C19H21N3O6S/c1-13-15(6-5-7-16(13)22(24)25)20-19(23)11-9-14-8-10-17(28-4)18(12-14)29(26,27)21(2)3/h5-12H,1-4H3,(H,20,23)/b11-9+. The van der Waals surface area contributed by atoms with E-state index in [1.165, 1.54) is 57.6 Å². The van der Waals surface area contributed by atoms with E-state index in [-0.39, 0.29) is 16.3 Å². The lowest BCUT2D eigenvalue weighted by Gasteiger charge is -2.15. The van der Waals surface area contributed by atoms with E-state index in [0.29, 0.717) is 16.8 Å². The number of carbonyl (C=O) groups excluding carboxylic acids is 1. The highest BCUT2D eigenvalue weighted by Gasteiger charge is 2.22. The van der Waals surface area contributed by atoms with Crippen LogP contribution in [0.2, 0.25) is 0 Å². The van der Waals surface area contributed by atoms with Crippen LogP contribution in [-0.4, -0.2) is 44.8 Å². The Morgan fingerprint density at radius 3 is 2.52 bits per heavy atom. The summed E-state index contributed by atoms with van der Waals surface area (Å²) in [5.41, 5.74) is 1.03. The van der Waals surface area contributed by atoms with Crippen LogP contribution < -0.4 is 10.1 Å². The Bertz CT molecular complexity index is 1080. The van der Waals surface area contributed by atoms with Gasteiger partial charge >= 0.3 is 0 Å². The van der Waals surface area contributed by atoms with Gasteiger partial charge in [0.2, 0.25) is 15.9 Å². The summed E-state index contributed by atoms with van der Waals surface area (Å²) in [6.45, 7) is 1.54. The highest BCUT2D eigenvalue weighted by Crippen LogP contribution is 2.28. The first-order chi connectivity index (χ1) is 13.6. The van der Waals surface area contributed by atoms with Gasteiger partial charge in [0, 0.05) is 26.2 Å². The summed E-state index contributed by atoms with van der Waals surface area (Å²) in [4.78, 5) is 22.7. The third kappa shape index (κ3) is 4.98. The number of methoxy groups -OCH3 is 1. The topological polar surface area (TPSA) is 119 Å². The molecule has 154 valence electrons. The average Bonchev–Trinajstić information content (AvgIpc) is 2.67. The smallest absolute Gasteiger partial charge is 0.274 e. The molecule has 1 amide bonds. The van der Waals surface area contributed by atoms with Crippen molar-refractivity contribution in [3.05, 3.63) is 63.7 Å². The van der Waals surface area contributed by atoms with Gasteiger partial charge in [0.15, 0.2) is 0 Å². The Morgan fingerprint density at radius 2 is 1.93 bits per heavy atom. The molecule has 29 heavy (non-hydrogen) atoms. The number of ether oxygens (including phenoxy) is 1. The molecule has 0 spiro atoms. The number of anilines is 1. The maximum absolute atomic E-state index is 12.5. The fourth-order valence-corrected chi connectivity index (χ4v) is 3.58. The molecule has 0 bridgehead atoms. The van der Waals surface area contributed by atoms with Gasteiger partial charge in [0.05, 0.1) is 23.3 Å². The molecular weight excluding hydrogens is 398 g/mol. The van der Waals surface area contributed by atoms with E-state index in [9.17, 15) is 23.3 Å². The number of hydrogen-bond donors (Lipinski definition) is 1. The van der Waals surface area contributed by atoms with Crippen LogP contribution in [-0.2, 0) is 14.8 Å². The Morgan fingerprint density at radius 1 is 1.24 bits per heavy atom. The van der Waals surface area contributed by atoms with Crippen molar-refractivity contribution in [2.45, 2.75) is 11.8 Å². The van der Waals surface area contributed by atoms with Crippen molar-refractivity contribution in [1.82, 2.24) is 4.31 Å². The van der Waals surface area contributed by atoms with Crippen molar-refractivity contribution in [3.63, 3.8) is 0 Å². The van der Waals surface area contributed by atoms with Crippen molar-refractivity contribution in [2.24, 2.45) is 0 Å². The van der Waals surface area contributed by atoms with E-state index >= 15 is 0 Å². The lowest BCUT2D eigenvalue weighted by molar-refractivity contribution is -0.385. The second-order valence-electron chi connectivity index (χ2n) is 6.23. The Hall–Kier alpha value is -3.24. The molecule has 10 heteroatoms. The summed E-state index contributed by atoms with van der Waals surface area (Å²) >= 11 is 0. The van der Waals surface area contributed by atoms with Crippen LogP contribution in [0.3, 0.4) is 0 Å². The van der Waals surface area contributed by atoms with Gasteiger partial charge in [-0.2, -0.15) is 0 Å². The normalized spacial score (nSPS) is 11.6. The van der Waals surface area contributed by atoms with Gasteiger partial charge in [-0.1, -0.05) is 12.1 Å². The number of nitrogens with one attached hydrogen (secondary N) is 1. The molecular formula is C19H21N3O6S. The maximum Gasteiger partial charge on any atom is 0.274 e. The monoisotopic (exact) mass is 419 g/mol. The number of nitrogens with zero attached hydrogens (tertiary/aromatic N) is 2. The second-order valence-corrected chi connectivity index (χ2v) is 8.35. The summed E-state index contributed by atoms with van der Waals surface area (Å²) in [6.07, 6.45) is 2.66. The van der Waals surface area contributed by atoms with Crippen LogP contribution in [0, 0.1) is 17.0 Å². The van der Waals surface area contributed by atoms with Gasteiger partial charge in [-0.25, -0.2) is 12.7 Å². The molecule has 0 aromatic heterocycles. The molecule has 0 radical (unpaired) electrons. The quantitative estimate of drug-likeness (QED) is 0.419. The van der Waals surface area contributed by atoms with Gasteiger partial charge in [-0.05, 0) is 36.8 Å². The second kappa shape index (κ2) is 8.84. The Kier molecular flexibility index (Phi) is 6.72. The number of rotatable bonds is 7. The minimum atomic E-state index is -3.74. The Labute approximate surface area is 168 Å². The number of amides is 1. The molecule has 1 N–H and O–H groups in total. The molecule has 0 unspecified atom stereocenters.